The summed E-state index contributed by atoms with van der Waals surface area (Å²) in [6.07, 6.45) is 2.74. The SMILES string of the molecule is Cc1noc(C)c1CNS(=O)(=O)c1cnn(C)c1. The quantitative estimate of drug-likeness (QED) is 0.874. The number of hydrogen-bond donors (Lipinski definition) is 1. The number of sulfonamides is 1. The maximum atomic E-state index is 11.9. The number of aromatic nitrogens is 3. The second-order valence-electron chi connectivity index (χ2n) is 3.98. The fraction of sp³-hybridized carbons (Fsp3) is 0.400. The minimum absolute atomic E-state index is 0.136. The molecule has 2 heterocycles. The van der Waals surface area contributed by atoms with E-state index in [1.165, 1.54) is 17.1 Å². The third-order valence-electron chi connectivity index (χ3n) is 2.61. The highest BCUT2D eigenvalue weighted by atomic mass is 32.2. The van der Waals surface area contributed by atoms with Crippen LogP contribution in [0.25, 0.3) is 0 Å². The Kier molecular flexibility index (Phi) is 3.22. The van der Waals surface area contributed by atoms with Crippen molar-refractivity contribution in [2.45, 2.75) is 25.3 Å². The summed E-state index contributed by atoms with van der Waals surface area (Å²) in [6.45, 7) is 3.66. The van der Waals surface area contributed by atoms with Crippen LogP contribution >= 0.6 is 0 Å². The molecule has 0 aromatic carbocycles. The summed E-state index contributed by atoms with van der Waals surface area (Å²) in [4.78, 5) is 0.136. The first-order chi connectivity index (χ1) is 8.40. The van der Waals surface area contributed by atoms with Crippen LogP contribution in [0.4, 0.5) is 0 Å². The average Bonchev–Trinajstić information content (AvgIpc) is 2.85. The van der Waals surface area contributed by atoms with Crippen molar-refractivity contribution < 1.29 is 12.9 Å². The molecule has 2 aromatic heterocycles. The van der Waals surface area contributed by atoms with Gasteiger partial charge in [-0.15, -0.1) is 0 Å². The van der Waals surface area contributed by atoms with Gasteiger partial charge in [0.25, 0.3) is 0 Å². The number of rotatable bonds is 4. The van der Waals surface area contributed by atoms with Crippen LogP contribution in [0.15, 0.2) is 21.8 Å². The van der Waals surface area contributed by atoms with E-state index in [1.807, 2.05) is 0 Å². The van der Waals surface area contributed by atoms with Crippen LogP contribution in [0.5, 0.6) is 0 Å². The van der Waals surface area contributed by atoms with Gasteiger partial charge in [-0.1, -0.05) is 5.16 Å². The Labute approximate surface area is 105 Å². The zero-order chi connectivity index (χ0) is 13.3. The summed E-state index contributed by atoms with van der Waals surface area (Å²) in [5, 5.41) is 7.60. The van der Waals surface area contributed by atoms with Gasteiger partial charge in [0, 0.05) is 25.4 Å². The van der Waals surface area contributed by atoms with Crippen LogP contribution in [0.3, 0.4) is 0 Å². The van der Waals surface area contributed by atoms with Crippen molar-refractivity contribution in [2.75, 3.05) is 0 Å². The highest BCUT2D eigenvalue weighted by Crippen LogP contribution is 2.13. The average molecular weight is 270 g/mol. The molecule has 0 unspecified atom stereocenters. The monoisotopic (exact) mass is 270 g/mol. The van der Waals surface area contributed by atoms with Crippen LogP contribution in [-0.4, -0.2) is 23.4 Å². The zero-order valence-corrected chi connectivity index (χ0v) is 11.2. The molecule has 0 saturated heterocycles. The van der Waals surface area contributed by atoms with Crippen LogP contribution in [0.1, 0.15) is 17.0 Å². The summed E-state index contributed by atoms with van der Waals surface area (Å²) >= 11 is 0. The minimum Gasteiger partial charge on any atom is -0.361 e. The summed E-state index contributed by atoms with van der Waals surface area (Å²) in [5.41, 5.74) is 1.43. The van der Waals surface area contributed by atoms with Crippen molar-refractivity contribution in [3.63, 3.8) is 0 Å². The van der Waals surface area contributed by atoms with Gasteiger partial charge in [0.1, 0.15) is 10.7 Å². The molecule has 7 nitrogen and oxygen atoms in total. The molecule has 18 heavy (non-hydrogen) atoms. The Morgan fingerprint density at radius 1 is 1.44 bits per heavy atom. The first kappa shape index (κ1) is 12.8. The van der Waals surface area contributed by atoms with Crippen molar-refractivity contribution in [1.82, 2.24) is 19.7 Å². The van der Waals surface area contributed by atoms with Gasteiger partial charge in [-0.05, 0) is 13.8 Å². The maximum absolute atomic E-state index is 11.9. The largest absolute Gasteiger partial charge is 0.361 e. The van der Waals surface area contributed by atoms with Gasteiger partial charge < -0.3 is 4.52 Å². The molecule has 0 atom stereocenters. The zero-order valence-electron chi connectivity index (χ0n) is 10.3. The first-order valence-corrected chi connectivity index (χ1v) is 6.78. The molecular formula is C10H14N4O3S. The van der Waals surface area contributed by atoms with E-state index in [4.69, 9.17) is 4.52 Å². The number of nitrogens with zero attached hydrogens (tertiary/aromatic N) is 3. The van der Waals surface area contributed by atoms with Gasteiger partial charge in [0.2, 0.25) is 10.0 Å². The van der Waals surface area contributed by atoms with Gasteiger partial charge in [-0.25, -0.2) is 13.1 Å². The van der Waals surface area contributed by atoms with E-state index < -0.39 is 10.0 Å². The topological polar surface area (TPSA) is 90.0 Å². The lowest BCUT2D eigenvalue weighted by molar-refractivity contribution is 0.392. The number of aryl methyl sites for hydroxylation is 3. The first-order valence-electron chi connectivity index (χ1n) is 5.30. The lowest BCUT2D eigenvalue weighted by Gasteiger charge is -2.03. The third kappa shape index (κ3) is 2.44. The van der Waals surface area contributed by atoms with Crippen LogP contribution in [0, 0.1) is 13.8 Å². The van der Waals surface area contributed by atoms with Crippen molar-refractivity contribution >= 4 is 10.0 Å². The van der Waals surface area contributed by atoms with Crippen LogP contribution in [0.2, 0.25) is 0 Å². The minimum atomic E-state index is -3.55. The molecular weight excluding hydrogens is 256 g/mol. The second-order valence-corrected chi connectivity index (χ2v) is 5.74. The third-order valence-corrected chi connectivity index (χ3v) is 3.97. The molecule has 1 N–H and O–H groups in total. The van der Waals surface area contributed by atoms with Crippen molar-refractivity contribution in [3.8, 4) is 0 Å². The van der Waals surface area contributed by atoms with E-state index in [2.05, 4.69) is 15.0 Å². The molecule has 0 spiro atoms. The van der Waals surface area contributed by atoms with E-state index in [0.29, 0.717) is 11.5 Å². The Balaban J connectivity index is 2.15. The Morgan fingerprint density at radius 3 is 2.67 bits per heavy atom. The Bertz CT molecular complexity index is 637. The molecule has 2 aromatic rings. The highest BCUT2D eigenvalue weighted by Gasteiger charge is 2.18. The summed E-state index contributed by atoms with van der Waals surface area (Å²) < 4.78 is 32.8. The van der Waals surface area contributed by atoms with Crippen molar-refractivity contribution in [3.05, 3.63) is 29.4 Å². The lowest BCUT2D eigenvalue weighted by atomic mass is 10.2. The van der Waals surface area contributed by atoms with E-state index in [-0.39, 0.29) is 11.4 Å². The highest BCUT2D eigenvalue weighted by molar-refractivity contribution is 7.89. The molecule has 2 rings (SSSR count). The molecule has 0 aliphatic carbocycles. The molecule has 0 amide bonds. The Morgan fingerprint density at radius 2 is 2.17 bits per heavy atom. The Hall–Kier alpha value is -1.67. The molecule has 0 radical (unpaired) electrons. The maximum Gasteiger partial charge on any atom is 0.243 e. The van der Waals surface area contributed by atoms with E-state index in [1.54, 1.807) is 20.9 Å². The summed E-state index contributed by atoms with van der Waals surface area (Å²) in [7, 11) is -1.89. The fourth-order valence-electron chi connectivity index (χ4n) is 1.54. The van der Waals surface area contributed by atoms with Gasteiger partial charge in [0.05, 0.1) is 11.9 Å². The van der Waals surface area contributed by atoms with Gasteiger partial charge in [0.15, 0.2) is 0 Å². The molecule has 0 bridgehead atoms. The molecule has 8 heteroatoms. The predicted molar refractivity (Wildman–Crippen MR) is 63.2 cm³/mol. The molecule has 0 fully saturated rings. The second kappa shape index (κ2) is 4.54. The van der Waals surface area contributed by atoms with Gasteiger partial charge >= 0.3 is 0 Å². The number of nitrogens with one attached hydrogen (secondary N) is 1. The predicted octanol–water partition coefficient (Wildman–Crippen LogP) is 0.503. The number of hydrogen-bond acceptors (Lipinski definition) is 5. The van der Waals surface area contributed by atoms with Crippen molar-refractivity contribution in [1.29, 1.82) is 0 Å². The fourth-order valence-corrected chi connectivity index (χ4v) is 2.52. The normalized spacial score (nSPS) is 11.9. The molecule has 98 valence electrons. The standard InChI is InChI=1S/C10H14N4O3S/c1-7-10(8(2)17-13-7)5-12-18(15,16)9-4-11-14(3)6-9/h4,6,12H,5H2,1-3H3. The molecule has 0 saturated carbocycles. The smallest absolute Gasteiger partial charge is 0.243 e. The van der Waals surface area contributed by atoms with E-state index >= 15 is 0 Å². The van der Waals surface area contributed by atoms with Crippen LogP contribution < -0.4 is 4.72 Å². The lowest BCUT2D eigenvalue weighted by Crippen LogP contribution is -2.23. The van der Waals surface area contributed by atoms with Gasteiger partial charge in [-0.3, -0.25) is 4.68 Å². The summed E-state index contributed by atoms with van der Waals surface area (Å²) in [6, 6.07) is 0. The molecule has 0 aliphatic rings. The van der Waals surface area contributed by atoms with Gasteiger partial charge in [-0.2, -0.15) is 5.10 Å². The van der Waals surface area contributed by atoms with E-state index in [0.717, 1.165) is 5.56 Å². The van der Waals surface area contributed by atoms with E-state index in [9.17, 15) is 8.42 Å². The van der Waals surface area contributed by atoms with Crippen LogP contribution in [-0.2, 0) is 23.6 Å². The summed E-state index contributed by atoms with van der Waals surface area (Å²) in [5.74, 6) is 0.612. The van der Waals surface area contributed by atoms with Crippen molar-refractivity contribution in [2.24, 2.45) is 7.05 Å². The molecule has 0 aliphatic heterocycles.